The lowest BCUT2D eigenvalue weighted by Gasteiger charge is -2.23. The Kier molecular flexibility index (Phi) is 10.7. The van der Waals surface area contributed by atoms with Crippen LogP contribution in [0.2, 0.25) is 0 Å². The molecule has 0 spiro atoms. The van der Waals surface area contributed by atoms with Gasteiger partial charge in [0.05, 0.1) is 6.61 Å². The van der Waals surface area contributed by atoms with E-state index in [1.807, 2.05) is 19.1 Å². The van der Waals surface area contributed by atoms with E-state index >= 15 is 0 Å². The van der Waals surface area contributed by atoms with E-state index in [0.717, 1.165) is 31.5 Å². The van der Waals surface area contributed by atoms with Gasteiger partial charge in [-0.15, -0.1) is 24.8 Å². The molecule has 2 heterocycles. The minimum atomic E-state index is -0.0725. The van der Waals surface area contributed by atoms with Gasteiger partial charge in [0.1, 0.15) is 6.61 Å². The minimum absolute atomic E-state index is 0. The smallest absolute Gasteiger partial charge is 0.251 e. The van der Waals surface area contributed by atoms with Crippen molar-refractivity contribution in [3.63, 3.8) is 0 Å². The minimum Gasteiger partial charge on any atom is -0.490 e. The molecule has 6 nitrogen and oxygen atoms in total. The first-order chi connectivity index (χ1) is 12.8. The summed E-state index contributed by atoms with van der Waals surface area (Å²) < 4.78 is 11.5. The van der Waals surface area contributed by atoms with Crippen LogP contribution >= 0.6 is 24.8 Å². The molecule has 2 aromatic rings. The number of carbonyl (C=O) groups is 1. The second-order valence-electron chi connectivity index (χ2n) is 6.24. The van der Waals surface area contributed by atoms with Gasteiger partial charge in [0, 0.05) is 29.6 Å². The molecule has 0 bridgehead atoms. The molecule has 0 radical (unpaired) electrons. The summed E-state index contributed by atoms with van der Waals surface area (Å²) in [6.45, 7) is 4.69. The molecule has 2 N–H and O–H groups in total. The summed E-state index contributed by atoms with van der Waals surface area (Å²) in [5, 5.41) is 6.39. The van der Waals surface area contributed by atoms with Crippen molar-refractivity contribution in [3.8, 4) is 11.5 Å². The van der Waals surface area contributed by atoms with Crippen molar-refractivity contribution in [2.24, 2.45) is 0 Å². The number of amides is 1. The molecule has 1 aromatic heterocycles. The van der Waals surface area contributed by atoms with Gasteiger partial charge >= 0.3 is 0 Å². The van der Waals surface area contributed by atoms with E-state index in [0.29, 0.717) is 30.3 Å². The molecule has 1 saturated heterocycles. The first kappa shape index (κ1) is 24.0. The zero-order chi connectivity index (χ0) is 18.2. The fourth-order valence-electron chi connectivity index (χ4n) is 2.92. The molecule has 1 aliphatic rings. The van der Waals surface area contributed by atoms with Crippen LogP contribution in [0.1, 0.15) is 35.7 Å². The van der Waals surface area contributed by atoms with E-state index < -0.39 is 0 Å². The second-order valence-corrected chi connectivity index (χ2v) is 6.24. The molecule has 3 rings (SSSR count). The molecule has 0 saturated carbocycles. The van der Waals surface area contributed by atoms with Gasteiger partial charge in [0.2, 0.25) is 0 Å². The van der Waals surface area contributed by atoms with Gasteiger partial charge in [0.15, 0.2) is 11.5 Å². The number of piperidine rings is 1. The van der Waals surface area contributed by atoms with Crippen molar-refractivity contribution in [2.45, 2.75) is 32.4 Å². The van der Waals surface area contributed by atoms with Crippen LogP contribution in [0, 0.1) is 0 Å². The van der Waals surface area contributed by atoms with Crippen LogP contribution in [0.25, 0.3) is 0 Å². The number of hydrogen-bond acceptors (Lipinski definition) is 5. The molecule has 8 heteroatoms. The molecule has 0 unspecified atom stereocenters. The van der Waals surface area contributed by atoms with Crippen LogP contribution in [0.5, 0.6) is 11.5 Å². The number of ether oxygens (including phenoxy) is 2. The SMILES string of the molecule is CCOc1cc(C(=O)NC2CCNCC2)ccc1OCc1cccnc1.Cl.Cl. The molecular formula is C20H27Cl2N3O3. The highest BCUT2D eigenvalue weighted by molar-refractivity contribution is 5.95. The molecule has 0 aliphatic carbocycles. The molecule has 1 aliphatic heterocycles. The third kappa shape index (κ3) is 6.86. The number of hydrogen-bond donors (Lipinski definition) is 2. The molecule has 154 valence electrons. The van der Waals surface area contributed by atoms with Gasteiger partial charge in [-0.25, -0.2) is 0 Å². The second kappa shape index (κ2) is 12.4. The van der Waals surface area contributed by atoms with Crippen LogP contribution < -0.4 is 20.1 Å². The summed E-state index contributed by atoms with van der Waals surface area (Å²) in [5.41, 5.74) is 1.56. The standard InChI is InChI=1S/C20H25N3O3.2ClH/c1-2-25-19-12-16(20(24)23-17-7-10-21-11-8-17)5-6-18(19)26-14-15-4-3-9-22-13-15;;/h3-6,9,12-13,17,21H,2,7-8,10-11,14H2,1H3,(H,23,24);2*1H. The molecule has 28 heavy (non-hydrogen) atoms. The molecular weight excluding hydrogens is 401 g/mol. The molecule has 0 atom stereocenters. The van der Waals surface area contributed by atoms with Gasteiger partial charge in [0.25, 0.3) is 5.91 Å². The third-order valence-corrected chi connectivity index (χ3v) is 4.30. The van der Waals surface area contributed by atoms with E-state index in [2.05, 4.69) is 15.6 Å². The lowest BCUT2D eigenvalue weighted by molar-refractivity contribution is 0.0929. The molecule has 1 amide bonds. The number of aromatic nitrogens is 1. The topological polar surface area (TPSA) is 72.5 Å². The summed E-state index contributed by atoms with van der Waals surface area (Å²) in [5.74, 6) is 1.13. The number of halogens is 2. The van der Waals surface area contributed by atoms with Gasteiger partial charge in [-0.2, -0.15) is 0 Å². The van der Waals surface area contributed by atoms with Gasteiger partial charge in [-0.05, 0) is 57.1 Å². The number of pyridine rings is 1. The first-order valence-electron chi connectivity index (χ1n) is 9.06. The highest BCUT2D eigenvalue weighted by Crippen LogP contribution is 2.29. The Labute approximate surface area is 178 Å². The highest BCUT2D eigenvalue weighted by Gasteiger charge is 2.18. The summed E-state index contributed by atoms with van der Waals surface area (Å²) in [4.78, 5) is 16.6. The summed E-state index contributed by atoms with van der Waals surface area (Å²) in [7, 11) is 0. The maximum Gasteiger partial charge on any atom is 0.251 e. The Bertz CT molecular complexity index is 726. The average molecular weight is 428 g/mol. The zero-order valence-electron chi connectivity index (χ0n) is 15.8. The fourth-order valence-corrected chi connectivity index (χ4v) is 2.92. The van der Waals surface area contributed by atoms with Crippen molar-refractivity contribution in [1.29, 1.82) is 0 Å². The van der Waals surface area contributed by atoms with Gasteiger partial charge in [-0.1, -0.05) is 6.07 Å². The molecule has 1 fully saturated rings. The number of benzene rings is 1. The number of nitrogens with one attached hydrogen (secondary N) is 2. The average Bonchev–Trinajstić information content (AvgIpc) is 2.69. The van der Waals surface area contributed by atoms with E-state index in [-0.39, 0.29) is 36.8 Å². The third-order valence-electron chi connectivity index (χ3n) is 4.30. The monoisotopic (exact) mass is 427 g/mol. The lowest BCUT2D eigenvalue weighted by atomic mass is 10.1. The van der Waals surface area contributed by atoms with E-state index in [1.54, 1.807) is 30.6 Å². The number of nitrogens with zero attached hydrogens (tertiary/aromatic N) is 1. The number of rotatable bonds is 7. The normalized spacial score (nSPS) is 13.6. The highest BCUT2D eigenvalue weighted by atomic mass is 35.5. The van der Waals surface area contributed by atoms with Crippen LogP contribution in [0.3, 0.4) is 0 Å². The zero-order valence-corrected chi connectivity index (χ0v) is 17.5. The largest absolute Gasteiger partial charge is 0.490 e. The van der Waals surface area contributed by atoms with Crippen LogP contribution in [-0.4, -0.2) is 36.6 Å². The molecule has 1 aromatic carbocycles. The van der Waals surface area contributed by atoms with Crippen LogP contribution in [-0.2, 0) is 6.61 Å². The van der Waals surface area contributed by atoms with E-state index in [9.17, 15) is 4.79 Å². The Morgan fingerprint density at radius 1 is 1.18 bits per heavy atom. The maximum atomic E-state index is 12.5. The van der Waals surface area contributed by atoms with Crippen molar-refractivity contribution >= 4 is 30.7 Å². The van der Waals surface area contributed by atoms with Crippen molar-refractivity contribution < 1.29 is 14.3 Å². The van der Waals surface area contributed by atoms with Gasteiger partial charge in [-0.3, -0.25) is 9.78 Å². The summed E-state index contributed by atoms with van der Waals surface area (Å²) in [6.07, 6.45) is 5.40. The quantitative estimate of drug-likeness (QED) is 0.708. The van der Waals surface area contributed by atoms with Crippen molar-refractivity contribution in [3.05, 3.63) is 53.9 Å². The van der Waals surface area contributed by atoms with E-state index in [4.69, 9.17) is 9.47 Å². The lowest BCUT2D eigenvalue weighted by Crippen LogP contribution is -2.42. The maximum absolute atomic E-state index is 12.5. The summed E-state index contributed by atoms with van der Waals surface area (Å²) >= 11 is 0. The Morgan fingerprint density at radius 2 is 1.96 bits per heavy atom. The van der Waals surface area contributed by atoms with Crippen LogP contribution in [0.4, 0.5) is 0 Å². The predicted octanol–water partition coefficient (Wildman–Crippen LogP) is 3.38. The number of carbonyl (C=O) groups excluding carboxylic acids is 1. The first-order valence-corrected chi connectivity index (χ1v) is 9.06. The summed E-state index contributed by atoms with van der Waals surface area (Å²) in [6, 6.07) is 9.36. The van der Waals surface area contributed by atoms with Crippen molar-refractivity contribution in [2.75, 3.05) is 19.7 Å². The Hall–Kier alpha value is -2.02. The van der Waals surface area contributed by atoms with Crippen molar-refractivity contribution in [1.82, 2.24) is 15.6 Å². The fraction of sp³-hybridized carbons (Fsp3) is 0.400. The Balaban J connectivity index is 0.00000196. The van der Waals surface area contributed by atoms with Gasteiger partial charge < -0.3 is 20.1 Å². The van der Waals surface area contributed by atoms with Crippen LogP contribution in [0.15, 0.2) is 42.7 Å². The Morgan fingerprint density at radius 3 is 2.64 bits per heavy atom. The van der Waals surface area contributed by atoms with E-state index in [1.165, 1.54) is 0 Å². The predicted molar refractivity (Wildman–Crippen MR) is 114 cm³/mol.